The van der Waals surface area contributed by atoms with Crippen molar-refractivity contribution in [2.24, 2.45) is 5.73 Å². The van der Waals surface area contributed by atoms with E-state index in [2.05, 4.69) is 0 Å². The molecule has 1 aromatic carbocycles. The first-order valence-corrected chi connectivity index (χ1v) is 11.5. The summed E-state index contributed by atoms with van der Waals surface area (Å²) in [7, 11) is -3.77. The molecule has 4 rings (SSSR count). The van der Waals surface area contributed by atoms with Crippen molar-refractivity contribution in [3.63, 3.8) is 0 Å². The van der Waals surface area contributed by atoms with Gasteiger partial charge in [-0.15, -0.1) is 0 Å². The predicted molar refractivity (Wildman–Crippen MR) is 110 cm³/mol. The molecule has 2 aromatic rings. The highest BCUT2D eigenvalue weighted by molar-refractivity contribution is 7.89. The van der Waals surface area contributed by atoms with Crippen LogP contribution in [0, 0.1) is 6.92 Å². The van der Waals surface area contributed by atoms with E-state index in [4.69, 9.17) is 10.2 Å². The lowest BCUT2D eigenvalue weighted by Gasteiger charge is -2.35. The number of furan rings is 1. The molecule has 0 saturated carbocycles. The molecular weight excluding hydrogens is 390 g/mol. The lowest BCUT2D eigenvalue weighted by Crippen LogP contribution is -2.52. The summed E-state index contributed by atoms with van der Waals surface area (Å²) < 4.78 is 33.7. The minimum absolute atomic E-state index is 0.0228. The highest BCUT2D eigenvalue weighted by atomic mass is 32.2. The molecule has 0 aliphatic carbocycles. The van der Waals surface area contributed by atoms with E-state index < -0.39 is 16.1 Å². The molecular formula is C21H27N3O4S. The Bertz CT molecular complexity index is 984. The largest absolute Gasteiger partial charge is 0.461 e. The Morgan fingerprint density at radius 2 is 1.83 bits per heavy atom. The van der Waals surface area contributed by atoms with E-state index >= 15 is 0 Å². The van der Waals surface area contributed by atoms with Crippen LogP contribution in [-0.4, -0.2) is 55.2 Å². The fraction of sp³-hybridized carbons (Fsp3) is 0.476. The van der Waals surface area contributed by atoms with Crippen molar-refractivity contribution in [2.75, 3.05) is 19.6 Å². The van der Waals surface area contributed by atoms with Crippen LogP contribution in [0.15, 0.2) is 45.7 Å². The average Bonchev–Trinajstić information content (AvgIpc) is 3.36. The molecule has 1 aromatic heterocycles. The van der Waals surface area contributed by atoms with Crippen LogP contribution in [0.3, 0.4) is 0 Å². The van der Waals surface area contributed by atoms with E-state index in [1.54, 1.807) is 29.2 Å². The second kappa shape index (κ2) is 7.93. The zero-order valence-electron chi connectivity index (χ0n) is 16.6. The number of hydrogen-bond acceptors (Lipinski definition) is 5. The Morgan fingerprint density at radius 3 is 2.45 bits per heavy atom. The van der Waals surface area contributed by atoms with Gasteiger partial charge < -0.3 is 15.1 Å². The number of sulfonamides is 1. The number of carbonyl (C=O) groups is 1. The summed E-state index contributed by atoms with van der Waals surface area (Å²) in [6, 6.07) is 9.72. The number of hydrogen-bond donors (Lipinski definition) is 1. The number of amides is 1. The van der Waals surface area contributed by atoms with Gasteiger partial charge in [-0.25, -0.2) is 8.42 Å². The van der Waals surface area contributed by atoms with Crippen molar-refractivity contribution in [3.8, 4) is 11.3 Å². The molecule has 29 heavy (non-hydrogen) atoms. The minimum Gasteiger partial charge on any atom is -0.461 e. The molecule has 7 nitrogen and oxygen atoms in total. The van der Waals surface area contributed by atoms with Gasteiger partial charge in [-0.05, 0) is 62.6 Å². The molecule has 2 fully saturated rings. The number of likely N-dealkylation sites (tertiary alicyclic amines) is 1. The van der Waals surface area contributed by atoms with Crippen LogP contribution in [0.2, 0.25) is 0 Å². The fourth-order valence-electron chi connectivity index (χ4n) is 4.15. The minimum atomic E-state index is -3.77. The summed E-state index contributed by atoms with van der Waals surface area (Å²) in [5.74, 6) is 1.37. The van der Waals surface area contributed by atoms with Crippen LogP contribution in [0.1, 0.15) is 31.4 Å². The van der Waals surface area contributed by atoms with E-state index in [0.29, 0.717) is 31.8 Å². The standard InChI is InChI=1S/C21H27N3O4S/c1-15-5-10-20(28-15)16-6-8-18(9-7-16)29(26,27)24-12-3-2-4-19(24)21(25)23-13-11-17(22)14-23/h5-10,17,19H,2-4,11-14,22H2,1H3/t17-,19+/m1/s1. The third-order valence-corrected chi connectivity index (χ3v) is 7.68. The molecule has 2 aliphatic rings. The van der Waals surface area contributed by atoms with Gasteiger partial charge in [0.05, 0.1) is 4.90 Å². The molecule has 0 radical (unpaired) electrons. The van der Waals surface area contributed by atoms with E-state index in [1.807, 2.05) is 19.1 Å². The summed E-state index contributed by atoms with van der Waals surface area (Å²) in [5, 5.41) is 0. The highest BCUT2D eigenvalue weighted by Crippen LogP contribution is 2.29. The van der Waals surface area contributed by atoms with Gasteiger partial charge >= 0.3 is 0 Å². The molecule has 2 aliphatic heterocycles. The van der Waals surface area contributed by atoms with Crippen molar-refractivity contribution in [2.45, 2.75) is 49.6 Å². The number of benzene rings is 1. The number of carbonyl (C=O) groups excluding carboxylic acids is 1. The summed E-state index contributed by atoms with van der Waals surface area (Å²) in [5.41, 5.74) is 6.75. The molecule has 156 valence electrons. The topological polar surface area (TPSA) is 96.9 Å². The maximum Gasteiger partial charge on any atom is 0.243 e. The summed E-state index contributed by atoms with van der Waals surface area (Å²) in [4.78, 5) is 14.9. The quantitative estimate of drug-likeness (QED) is 0.824. The maximum absolute atomic E-state index is 13.3. The van der Waals surface area contributed by atoms with E-state index in [-0.39, 0.29) is 16.8 Å². The lowest BCUT2D eigenvalue weighted by atomic mass is 10.0. The smallest absolute Gasteiger partial charge is 0.243 e. The van der Waals surface area contributed by atoms with Crippen molar-refractivity contribution >= 4 is 15.9 Å². The first-order chi connectivity index (χ1) is 13.9. The second-order valence-corrected chi connectivity index (χ2v) is 9.79. The van der Waals surface area contributed by atoms with Gasteiger partial charge in [-0.2, -0.15) is 4.31 Å². The van der Waals surface area contributed by atoms with Crippen molar-refractivity contribution < 1.29 is 17.6 Å². The normalized spacial score (nSPS) is 23.4. The van der Waals surface area contributed by atoms with Crippen molar-refractivity contribution in [1.82, 2.24) is 9.21 Å². The number of rotatable bonds is 4. The zero-order valence-corrected chi connectivity index (χ0v) is 17.4. The lowest BCUT2D eigenvalue weighted by molar-refractivity contribution is -0.135. The summed E-state index contributed by atoms with van der Waals surface area (Å²) in [6.45, 7) is 3.32. The molecule has 8 heteroatoms. The molecule has 2 saturated heterocycles. The molecule has 0 bridgehead atoms. The van der Waals surface area contributed by atoms with Gasteiger partial charge in [0.15, 0.2) is 0 Å². The van der Waals surface area contributed by atoms with E-state index in [0.717, 1.165) is 30.6 Å². The van der Waals surface area contributed by atoms with Gasteiger partial charge in [-0.3, -0.25) is 4.79 Å². The number of nitrogens with two attached hydrogens (primary N) is 1. The van der Waals surface area contributed by atoms with Gasteiger partial charge in [0.25, 0.3) is 0 Å². The number of nitrogens with zero attached hydrogens (tertiary/aromatic N) is 2. The predicted octanol–water partition coefficient (Wildman–Crippen LogP) is 2.36. The van der Waals surface area contributed by atoms with Crippen molar-refractivity contribution in [3.05, 3.63) is 42.2 Å². The van der Waals surface area contributed by atoms with Crippen LogP contribution in [-0.2, 0) is 14.8 Å². The third-order valence-electron chi connectivity index (χ3n) is 5.76. The molecule has 2 atom stereocenters. The Labute approximate surface area is 171 Å². The van der Waals surface area contributed by atoms with E-state index in [1.165, 1.54) is 4.31 Å². The Hall–Kier alpha value is -2.16. The monoisotopic (exact) mass is 417 g/mol. The number of aryl methyl sites for hydroxylation is 1. The fourth-order valence-corrected chi connectivity index (χ4v) is 5.80. The average molecular weight is 418 g/mol. The first kappa shape index (κ1) is 20.1. The Kier molecular flexibility index (Phi) is 5.50. The molecule has 0 unspecified atom stereocenters. The van der Waals surface area contributed by atoms with Crippen LogP contribution >= 0.6 is 0 Å². The van der Waals surface area contributed by atoms with Gasteiger partial charge in [-0.1, -0.05) is 6.42 Å². The van der Waals surface area contributed by atoms with Crippen LogP contribution in [0.25, 0.3) is 11.3 Å². The Morgan fingerprint density at radius 1 is 1.07 bits per heavy atom. The second-order valence-electron chi connectivity index (χ2n) is 7.90. The van der Waals surface area contributed by atoms with Crippen LogP contribution in [0.5, 0.6) is 0 Å². The van der Waals surface area contributed by atoms with Crippen LogP contribution in [0.4, 0.5) is 0 Å². The highest BCUT2D eigenvalue weighted by Gasteiger charge is 2.40. The molecule has 0 spiro atoms. The molecule has 3 heterocycles. The zero-order chi connectivity index (χ0) is 20.6. The van der Waals surface area contributed by atoms with Gasteiger partial charge in [0, 0.05) is 31.2 Å². The van der Waals surface area contributed by atoms with Gasteiger partial charge in [0.2, 0.25) is 15.9 Å². The Balaban J connectivity index is 1.58. The van der Waals surface area contributed by atoms with Gasteiger partial charge in [0.1, 0.15) is 17.6 Å². The third kappa shape index (κ3) is 3.97. The maximum atomic E-state index is 13.3. The summed E-state index contributed by atoms with van der Waals surface area (Å²) in [6.07, 6.45) is 2.91. The SMILES string of the molecule is Cc1ccc(-c2ccc(S(=O)(=O)N3CCCC[C@H]3C(=O)N3CC[C@@H](N)C3)cc2)o1. The van der Waals surface area contributed by atoms with Crippen LogP contribution < -0.4 is 5.73 Å². The molecule has 2 N–H and O–H groups in total. The van der Waals surface area contributed by atoms with E-state index in [9.17, 15) is 13.2 Å². The summed E-state index contributed by atoms with van der Waals surface area (Å²) >= 11 is 0. The molecule has 1 amide bonds. The van der Waals surface area contributed by atoms with Crippen molar-refractivity contribution in [1.29, 1.82) is 0 Å². The first-order valence-electron chi connectivity index (χ1n) is 10.1. The number of piperidine rings is 1.